The molecular weight excluding hydrogens is 336 g/mol. The lowest BCUT2D eigenvalue weighted by molar-refractivity contribution is -0.164. The Morgan fingerprint density at radius 1 is 1.00 bits per heavy atom. The number of hydrogen-bond donors (Lipinski definition) is 5. The van der Waals surface area contributed by atoms with Crippen molar-refractivity contribution in [1.29, 1.82) is 0 Å². The number of hydrogen-bond acceptors (Lipinski definition) is 7. The second-order valence-electron chi connectivity index (χ2n) is 5.66. The van der Waals surface area contributed by atoms with E-state index in [0.29, 0.717) is 19.4 Å². The first-order valence-corrected chi connectivity index (χ1v) is 7.94. The van der Waals surface area contributed by atoms with E-state index >= 15 is 0 Å². The fourth-order valence-electron chi connectivity index (χ4n) is 1.73. The van der Waals surface area contributed by atoms with Crippen LogP contribution in [0, 0.1) is 0 Å². The molecule has 0 spiro atoms. The number of aliphatic hydroxyl groups excluding tert-OH is 1. The van der Waals surface area contributed by atoms with Crippen molar-refractivity contribution in [3.63, 3.8) is 0 Å². The van der Waals surface area contributed by atoms with Crippen LogP contribution in [0.1, 0.15) is 40.0 Å². The summed E-state index contributed by atoms with van der Waals surface area (Å²) in [7, 11) is 0. The first-order chi connectivity index (χ1) is 11.6. The second-order valence-corrected chi connectivity index (χ2v) is 5.66. The molecule has 0 aliphatic carbocycles. The maximum absolute atomic E-state index is 12.0. The standard InChI is InChI=1S/C15H26N2O8/c1-8(13(20)21)16-7-5-4-6-11(17-12(19)9(2)18)15(24)25-10(3)14(22)23/h8-11,16,18H,4-7H2,1-3H3,(H,17,19)(H,20,21)(H,22,23). The van der Waals surface area contributed by atoms with E-state index in [2.05, 4.69) is 10.6 Å². The largest absolute Gasteiger partial charge is 0.480 e. The Bertz CT molecular complexity index is 480. The lowest BCUT2D eigenvalue weighted by atomic mass is 10.1. The zero-order chi connectivity index (χ0) is 19.6. The number of nitrogens with one attached hydrogen (secondary N) is 2. The summed E-state index contributed by atoms with van der Waals surface area (Å²) in [6, 6.07) is -1.80. The summed E-state index contributed by atoms with van der Waals surface area (Å²) in [5.74, 6) is -3.98. The van der Waals surface area contributed by atoms with Crippen LogP contribution < -0.4 is 10.6 Å². The molecule has 0 bridgehead atoms. The molecule has 0 aliphatic rings. The summed E-state index contributed by atoms with van der Waals surface area (Å²) >= 11 is 0. The quantitative estimate of drug-likeness (QED) is 0.219. The van der Waals surface area contributed by atoms with Gasteiger partial charge < -0.3 is 30.7 Å². The molecular formula is C15H26N2O8. The van der Waals surface area contributed by atoms with E-state index in [1.807, 2.05) is 0 Å². The van der Waals surface area contributed by atoms with Gasteiger partial charge in [-0.2, -0.15) is 0 Å². The first kappa shape index (κ1) is 22.8. The highest BCUT2D eigenvalue weighted by Crippen LogP contribution is 2.06. The molecule has 10 nitrogen and oxygen atoms in total. The highest BCUT2D eigenvalue weighted by molar-refractivity contribution is 5.87. The van der Waals surface area contributed by atoms with Crippen LogP contribution in [-0.2, 0) is 23.9 Å². The number of carbonyl (C=O) groups excluding carboxylic acids is 2. The van der Waals surface area contributed by atoms with Gasteiger partial charge in [-0.25, -0.2) is 9.59 Å². The van der Waals surface area contributed by atoms with Gasteiger partial charge in [0.15, 0.2) is 6.10 Å². The minimum atomic E-state index is -1.36. The molecule has 1 amide bonds. The molecule has 0 aliphatic heterocycles. The Morgan fingerprint density at radius 3 is 2.08 bits per heavy atom. The summed E-state index contributed by atoms with van der Waals surface area (Å²) in [5.41, 5.74) is 0. The van der Waals surface area contributed by atoms with Crippen molar-refractivity contribution in [2.75, 3.05) is 6.54 Å². The number of esters is 1. The molecule has 0 fully saturated rings. The van der Waals surface area contributed by atoms with Gasteiger partial charge in [0.1, 0.15) is 18.2 Å². The number of carbonyl (C=O) groups is 4. The van der Waals surface area contributed by atoms with Crippen LogP contribution in [0.5, 0.6) is 0 Å². The van der Waals surface area contributed by atoms with Crippen molar-refractivity contribution in [1.82, 2.24) is 10.6 Å². The molecule has 5 N–H and O–H groups in total. The zero-order valence-electron chi connectivity index (χ0n) is 14.5. The molecule has 0 aromatic heterocycles. The van der Waals surface area contributed by atoms with Gasteiger partial charge in [0.2, 0.25) is 5.91 Å². The summed E-state index contributed by atoms with van der Waals surface area (Å²) in [6.45, 7) is 4.31. The molecule has 0 rings (SSSR count). The van der Waals surface area contributed by atoms with E-state index in [0.717, 1.165) is 0 Å². The lowest BCUT2D eigenvalue weighted by Gasteiger charge is -2.20. The number of ether oxygens (including phenoxy) is 1. The predicted molar refractivity (Wildman–Crippen MR) is 85.8 cm³/mol. The van der Waals surface area contributed by atoms with Crippen molar-refractivity contribution >= 4 is 23.8 Å². The van der Waals surface area contributed by atoms with Gasteiger partial charge in [0.25, 0.3) is 0 Å². The zero-order valence-corrected chi connectivity index (χ0v) is 14.5. The first-order valence-electron chi connectivity index (χ1n) is 7.94. The molecule has 0 aromatic carbocycles. The van der Waals surface area contributed by atoms with Gasteiger partial charge in [-0.3, -0.25) is 9.59 Å². The van der Waals surface area contributed by atoms with Crippen molar-refractivity contribution in [2.24, 2.45) is 0 Å². The summed E-state index contributed by atoms with van der Waals surface area (Å²) in [5, 5.41) is 31.8. The fourth-order valence-corrected chi connectivity index (χ4v) is 1.73. The van der Waals surface area contributed by atoms with Gasteiger partial charge in [-0.05, 0) is 46.6 Å². The lowest BCUT2D eigenvalue weighted by Crippen LogP contribution is -2.46. The molecule has 4 unspecified atom stereocenters. The Balaban J connectivity index is 4.53. The van der Waals surface area contributed by atoms with E-state index in [4.69, 9.17) is 14.9 Å². The van der Waals surface area contributed by atoms with Crippen LogP contribution in [0.15, 0.2) is 0 Å². The SMILES string of the molecule is CC(O)C(=O)NC(CCCCNC(C)C(=O)O)C(=O)OC(C)C(=O)O. The van der Waals surface area contributed by atoms with Gasteiger partial charge in [0.05, 0.1) is 0 Å². The number of rotatable bonds is 12. The third kappa shape index (κ3) is 9.62. The highest BCUT2D eigenvalue weighted by atomic mass is 16.6. The van der Waals surface area contributed by atoms with E-state index in [1.54, 1.807) is 0 Å². The van der Waals surface area contributed by atoms with E-state index in [-0.39, 0.29) is 6.42 Å². The van der Waals surface area contributed by atoms with Crippen LogP contribution in [0.2, 0.25) is 0 Å². The Morgan fingerprint density at radius 2 is 1.60 bits per heavy atom. The van der Waals surface area contributed by atoms with Crippen LogP contribution in [0.3, 0.4) is 0 Å². The Kier molecular flexibility index (Phi) is 10.4. The summed E-state index contributed by atoms with van der Waals surface area (Å²) in [4.78, 5) is 45.0. The normalized spacial score (nSPS) is 15.5. The molecule has 0 heterocycles. The van der Waals surface area contributed by atoms with Gasteiger partial charge in [0, 0.05) is 0 Å². The maximum Gasteiger partial charge on any atom is 0.344 e. The van der Waals surface area contributed by atoms with Crippen LogP contribution in [-0.4, -0.2) is 70.0 Å². The summed E-state index contributed by atoms with van der Waals surface area (Å²) < 4.78 is 4.75. The van der Waals surface area contributed by atoms with E-state index < -0.39 is 48.1 Å². The smallest absolute Gasteiger partial charge is 0.344 e. The second kappa shape index (κ2) is 11.4. The average Bonchev–Trinajstić information content (AvgIpc) is 2.52. The molecule has 25 heavy (non-hydrogen) atoms. The van der Waals surface area contributed by atoms with Crippen molar-refractivity contribution in [3.8, 4) is 0 Å². The van der Waals surface area contributed by atoms with Crippen LogP contribution in [0.4, 0.5) is 0 Å². The van der Waals surface area contributed by atoms with Crippen LogP contribution >= 0.6 is 0 Å². The van der Waals surface area contributed by atoms with Gasteiger partial charge in [-0.15, -0.1) is 0 Å². The molecule has 4 atom stereocenters. The number of carboxylic acids is 2. The molecule has 0 saturated heterocycles. The van der Waals surface area contributed by atoms with Gasteiger partial charge >= 0.3 is 17.9 Å². The number of unbranched alkanes of at least 4 members (excludes halogenated alkanes) is 1. The Labute approximate surface area is 145 Å². The Hall–Kier alpha value is -2.20. The minimum absolute atomic E-state index is 0.159. The number of aliphatic carboxylic acids is 2. The highest BCUT2D eigenvalue weighted by Gasteiger charge is 2.27. The van der Waals surface area contributed by atoms with Crippen molar-refractivity contribution in [3.05, 3.63) is 0 Å². The van der Waals surface area contributed by atoms with Gasteiger partial charge in [-0.1, -0.05) is 0 Å². The third-order valence-electron chi connectivity index (χ3n) is 3.36. The molecule has 10 heteroatoms. The van der Waals surface area contributed by atoms with Crippen LogP contribution in [0.25, 0.3) is 0 Å². The van der Waals surface area contributed by atoms with Crippen molar-refractivity contribution < 1.29 is 39.2 Å². The fraction of sp³-hybridized carbons (Fsp3) is 0.733. The molecule has 0 radical (unpaired) electrons. The monoisotopic (exact) mass is 362 g/mol. The van der Waals surface area contributed by atoms with Crippen molar-refractivity contribution in [2.45, 2.75) is 64.3 Å². The predicted octanol–water partition coefficient (Wildman–Crippen LogP) is -0.899. The molecule has 0 saturated carbocycles. The minimum Gasteiger partial charge on any atom is -0.480 e. The average molecular weight is 362 g/mol. The van der Waals surface area contributed by atoms with E-state index in [9.17, 15) is 24.3 Å². The topological polar surface area (TPSA) is 162 Å². The third-order valence-corrected chi connectivity index (χ3v) is 3.36. The number of amides is 1. The number of carboxylic acid groups (broad SMARTS) is 2. The molecule has 144 valence electrons. The maximum atomic E-state index is 12.0. The summed E-state index contributed by atoms with van der Waals surface area (Å²) in [6.07, 6.45) is -1.56. The number of aliphatic hydroxyl groups is 1. The van der Waals surface area contributed by atoms with E-state index in [1.165, 1.54) is 20.8 Å². The molecule has 0 aromatic rings.